The predicted octanol–water partition coefficient (Wildman–Crippen LogP) is 2.14. The normalized spacial score (nSPS) is 11.1. The van der Waals surface area contributed by atoms with Crippen molar-refractivity contribution in [2.45, 2.75) is 26.3 Å². The van der Waals surface area contributed by atoms with Gasteiger partial charge in [0.05, 0.1) is 6.20 Å². The van der Waals surface area contributed by atoms with Crippen molar-refractivity contribution in [1.29, 1.82) is 0 Å². The first-order valence-corrected chi connectivity index (χ1v) is 5.68. The smallest absolute Gasteiger partial charge is 0.127 e. The molecule has 0 unspecified atom stereocenters. The summed E-state index contributed by atoms with van der Waals surface area (Å²) in [7, 11) is 0. The topological polar surface area (TPSA) is 37.8 Å². The van der Waals surface area contributed by atoms with E-state index < -0.39 is 0 Å². The number of halogens is 1. The predicted molar refractivity (Wildman–Crippen MR) is 69.3 cm³/mol. The van der Waals surface area contributed by atoms with Crippen LogP contribution in [0.3, 0.4) is 0 Å². The first-order chi connectivity index (χ1) is 6.38. The molecule has 0 aliphatic heterocycles. The Morgan fingerprint density at radius 3 is 2.64 bits per heavy atom. The van der Waals surface area contributed by atoms with Gasteiger partial charge in [-0.2, -0.15) is 5.10 Å². The van der Waals surface area contributed by atoms with E-state index in [0.717, 1.165) is 9.26 Å². The van der Waals surface area contributed by atoms with Gasteiger partial charge in [0.1, 0.15) is 10.7 Å². The lowest BCUT2D eigenvalue weighted by atomic mass is 10.1. The van der Waals surface area contributed by atoms with E-state index in [-0.39, 0.29) is 5.54 Å². The summed E-state index contributed by atoms with van der Waals surface area (Å²) in [6, 6.07) is 1.91. The lowest BCUT2D eigenvalue weighted by Crippen LogP contribution is -2.40. The summed E-state index contributed by atoms with van der Waals surface area (Å²) in [6.45, 7) is 6.17. The molecular weight excluding hydrogens is 309 g/mol. The van der Waals surface area contributed by atoms with E-state index >= 15 is 0 Å². The van der Waals surface area contributed by atoms with Crippen LogP contribution in [-0.4, -0.2) is 20.7 Å². The molecule has 1 aromatic heterocycles. The second-order valence-corrected chi connectivity index (χ2v) is 5.62. The van der Waals surface area contributed by atoms with Crippen molar-refractivity contribution >= 4 is 39.8 Å². The van der Waals surface area contributed by atoms with Gasteiger partial charge in [-0.05, 0) is 49.4 Å². The summed E-state index contributed by atoms with van der Waals surface area (Å²) in [5.74, 6) is 0. The zero-order valence-corrected chi connectivity index (χ0v) is 11.3. The molecule has 0 saturated carbocycles. The molecule has 5 heteroatoms. The number of hydrogen-bond acceptors (Lipinski definition) is 3. The van der Waals surface area contributed by atoms with Crippen molar-refractivity contribution < 1.29 is 0 Å². The fraction of sp³-hybridized carbons (Fsp3) is 0.444. The maximum Gasteiger partial charge on any atom is 0.127 e. The Bertz CT molecular complexity index is 346. The maximum absolute atomic E-state index is 5.21. The van der Waals surface area contributed by atoms with Crippen LogP contribution in [0.4, 0.5) is 0 Å². The highest BCUT2D eigenvalue weighted by molar-refractivity contribution is 14.1. The molecule has 0 aromatic carbocycles. The molecule has 0 fully saturated rings. The van der Waals surface area contributed by atoms with E-state index in [1.54, 1.807) is 6.20 Å². The molecule has 1 heterocycles. The molecule has 76 valence electrons. The molecule has 0 amide bonds. The lowest BCUT2D eigenvalue weighted by molar-refractivity contribution is 0.515. The van der Waals surface area contributed by atoms with Gasteiger partial charge in [0.2, 0.25) is 0 Å². The molecule has 3 nitrogen and oxygen atoms in total. The van der Waals surface area contributed by atoms with E-state index in [9.17, 15) is 0 Å². The number of aromatic nitrogens is 2. The van der Waals surface area contributed by atoms with Gasteiger partial charge in [-0.1, -0.05) is 12.2 Å². The van der Waals surface area contributed by atoms with Gasteiger partial charge < -0.3 is 5.32 Å². The molecule has 14 heavy (non-hydrogen) atoms. The van der Waals surface area contributed by atoms with Crippen LogP contribution in [0.2, 0.25) is 0 Å². The first kappa shape index (κ1) is 11.8. The molecule has 0 radical (unpaired) electrons. The largest absolute Gasteiger partial charge is 0.370 e. The highest BCUT2D eigenvalue weighted by atomic mass is 127. The van der Waals surface area contributed by atoms with Gasteiger partial charge >= 0.3 is 0 Å². The Balaban J connectivity index is 2.80. The Morgan fingerprint density at radius 1 is 1.50 bits per heavy atom. The van der Waals surface area contributed by atoms with Crippen LogP contribution in [0.15, 0.2) is 12.3 Å². The van der Waals surface area contributed by atoms with E-state index in [1.807, 2.05) is 6.07 Å². The highest BCUT2D eigenvalue weighted by Gasteiger charge is 2.13. The summed E-state index contributed by atoms with van der Waals surface area (Å²) < 4.78 is 1.03. The Labute approximate surface area is 103 Å². The molecule has 0 atom stereocenters. The second-order valence-electron chi connectivity index (χ2n) is 3.96. The first-order valence-electron chi connectivity index (χ1n) is 4.19. The van der Waals surface area contributed by atoms with Gasteiger partial charge in [0.25, 0.3) is 0 Å². The minimum absolute atomic E-state index is 0.0416. The van der Waals surface area contributed by atoms with Crippen molar-refractivity contribution in [3.05, 3.63) is 21.5 Å². The average Bonchev–Trinajstić information content (AvgIpc) is 2.01. The van der Waals surface area contributed by atoms with Gasteiger partial charge in [-0.25, -0.2) is 0 Å². The van der Waals surface area contributed by atoms with Crippen LogP contribution in [0.1, 0.15) is 26.5 Å². The molecule has 0 bridgehead atoms. The number of rotatable bonds is 1. The maximum atomic E-state index is 5.21. The van der Waals surface area contributed by atoms with E-state index in [4.69, 9.17) is 12.2 Å². The molecule has 0 aliphatic carbocycles. The summed E-state index contributed by atoms with van der Waals surface area (Å²) >= 11 is 7.40. The van der Waals surface area contributed by atoms with Crippen LogP contribution in [0.5, 0.6) is 0 Å². The Kier molecular flexibility index (Phi) is 3.77. The lowest BCUT2D eigenvalue weighted by Gasteiger charge is -2.21. The SMILES string of the molecule is CC(C)(C)NC(=S)c1cc(I)cnn1. The zero-order chi connectivity index (χ0) is 10.8. The molecular formula is C9H12IN3S. The van der Waals surface area contributed by atoms with Gasteiger partial charge in [0.15, 0.2) is 0 Å². The molecule has 1 rings (SSSR count). The van der Waals surface area contributed by atoms with Crippen LogP contribution >= 0.6 is 34.8 Å². The highest BCUT2D eigenvalue weighted by Crippen LogP contribution is 2.06. The standard InChI is InChI=1S/C9H12IN3S/c1-9(2,3)12-8(14)7-4-6(10)5-11-13-7/h4-5H,1-3H3,(H,12,14). The average molecular weight is 321 g/mol. The quantitative estimate of drug-likeness (QED) is 0.635. The third-order valence-electron chi connectivity index (χ3n) is 1.34. The summed E-state index contributed by atoms with van der Waals surface area (Å²) in [5, 5.41) is 11.0. The van der Waals surface area contributed by atoms with Crippen LogP contribution < -0.4 is 5.32 Å². The van der Waals surface area contributed by atoms with Gasteiger partial charge in [0, 0.05) is 9.11 Å². The van der Waals surface area contributed by atoms with Crippen molar-refractivity contribution in [1.82, 2.24) is 15.5 Å². The summed E-state index contributed by atoms with van der Waals surface area (Å²) in [6.07, 6.45) is 1.70. The second kappa shape index (κ2) is 4.48. The van der Waals surface area contributed by atoms with E-state index in [1.165, 1.54) is 0 Å². The van der Waals surface area contributed by atoms with Crippen molar-refractivity contribution in [3.63, 3.8) is 0 Å². The van der Waals surface area contributed by atoms with Crippen LogP contribution in [-0.2, 0) is 0 Å². The van der Waals surface area contributed by atoms with Gasteiger partial charge in [-0.3, -0.25) is 0 Å². The number of thiocarbonyl (C=S) groups is 1. The van der Waals surface area contributed by atoms with Gasteiger partial charge in [-0.15, -0.1) is 5.10 Å². The van der Waals surface area contributed by atoms with Crippen LogP contribution in [0.25, 0.3) is 0 Å². The Morgan fingerprint density at radius 2 is 2.14 bits per heavy atom. The third-order valence-corrected chi connectivity index (χ3v) is 2.24. The molecule has 0 spiro atoms. The molecule has 0 saturated heterocycles. The number of nitrogens with one attached hydrogen (secondary N) is 1. The van der Waals surface area contributed by atoms with Crippen molar-refractivity contribution in [2.75, 3.05) is 0 Å². The molecule has 1 aromatic rings. The number of hydrogen-bond donors (Lipinski definition) is 1. The van der Waals surface area contributed by atoms with Crippen LogP contribution in [0, 0.1) is 3.57 Å². The molecule has 0 aliphatic rings. The fourth-order valence-corrected chi connectivity index (χ4v) is 1.68. The Hall–Kier alpha value is -0.300. The monoisotopic (exact) mass is 321 g/mol. The number of nitrogens with zero attached hydrogens (tertiary/aromatic N) is 2. The molecule has 1 N–H and O–H groups in total. The minimum Gasteiger partial charge on any atom is -0.370 e. The minimum atomic E-state index is -0.0416. The summed E-state index contributed by atoms with van der Waals surface area (Å²) in [5.41, 5.74) is 0.682. The van der Waals surface area contributed by atoms with E-state index in [2.05, 4.69) is 58.9 Å². The zero-order valence-electron chi connectivity index (χ0n) is 8.34. The summed E-state index contributed by atoms with van der Waals surface area (Å²) in [4.78, 5) is 0.642. The van der Waals surface area contributed by atoms with E-state index in [0.29, 0.717) is 4.99 Å². The van der Waals surface area contributed by atoms with Crippen molar-refractivity contribution in [3.8, 4) is 0 Å². The third kappa shape index (κ3) is 3.83. The fourth-order valence-electron chi connectivity index (χ4n) is 0.859. The van der Waals surface area contributed by atoms with Crippen molar-refractivity contribution in [2.24, 2.45) is 0 Å².